The van der Waals surface area contributed by atoms with Crippen molar-refractivity contribution in [2.75, 3.05) is 13.1 Å². The van der Waals surface area contributed by atoms with E-state index in [1.807, 2.05) is 19.1 Å². The Balaban J connectivity index is 1.64. The van der Waals surface area contributed by atoms with Crippen molar-refractivity contribution in [1.29, 1.82) is 0 Å². The zero-order chi connectivity index (χ0) is 17.1. The first-order valence-electron chi connectivity index (χ1n) is 8.07. The lowest BCUT2D eigenvalue weighted by molar-refractivity contribution is -0.133. The highest BCUT2D eigenvalue weighted by Crippen LogP contribution is 2.22. The van der Waals surface area contributed by atoms with Gasteiger partial charge in [0.25, 0.3) is 0 Å². The summed E-state index contributed by atoms with van der Waals surface area (Å²) >= 11 is 3.35. The minimum atomic E-state index is -0.280. The Kier molecular flexibility index (Phi) is 5.31. The van der Waals surface area contributed by atoms with E-state index in [9.17, 15) is 9.18 Å². The van der Waals surface area contributed by atoms with Gasteiger partial charge in [0.05, 0.1) is 6.54 Å². The van der Waals surface area contributed by atoms with Crippen molar-refractivity contribution in [3.8, 4) is 0 Å². The van der Waals surface area contributed by atoms with E-state index >= 15 is 0 Å². The molecule has 0 bridgehead atoms. The van der Waals surface area contributed by atoms with Crippen molar-refractivity contribution in [3.63, 3.8) is 0 Å². The average molecular weight is 391 g/mol. The van der Waals surface area contributed by atoms with Gasteiger partial charge >= 0.3 is 0 Å². The van der Waals surface area contributed by atoms with E-state index in [4.69, 9.17) is 0 Å². The van der Waals surface area contributed by atoms with Crippen LogP contribution in [0.15, 0.2) is 46.9 Å². The first-order valence-corrected chi connectivity index (χ1v) is 8.87. The lowest BCUT2D eigenvalue weighted by atomic mass is 10.1. The van der Waals surface area contributed by atoms with Crippen LogP contribution in [0.4, 0.5) is 4.39 Å². The third-order valence-electron chi connectivity index (χ3n) is 4.37. The van der Waals surface area contributed by atoms with Gasteiger partial charge in [0, 0.05) is 36.2 Å². The number of hydrogen-bond acceptors (Lipinski definition) is 2. The number of halogens is 2. The molecule has 1 heterocycles. The maximum absolute atomic E-state index is 13.9. The van der Waals surface area contributed by atoms with Crippen LogP contribution >= 0.6 is 15.9 Å². The highest BCUT2D eigenvalue weighted by molar-refractivity contribution is 9.10. The second-order valence-corrected chi connectivity index (χ2v) is 6.97. The minimum Gasteiger partial charge on any atom is -0.337 e. The van der Waals surface area contributed by atoms with E-state index in [-0.39, 0.29) is 11.7 Å². The van der Waals surface area contributed by atoms with Gasteiger partial charge in [0.2, 0.25) is 5.91 Å². The van der Waals surface area contributed by atoms with Gasteiger partial charge in [-0.2, -0.15) is 0 Å². The third kappa shape index (κ3) is 3.84. The van der Waals surface area contributed by atoms with E-state index < -0.39 is 0 Å². The van der Waals surface area contributed by atoms with Gasteiger partial charge < -0.3 is 4.90 Å². The number of rotatable bonds is 5. The minimum absolute atomic E-state index is 0.0321. The van der Waals surface area contributed by atoms with Crippen LogP contribution in [-0.4, -0.2) is 28.8 Å². The summed E-state index contributed by atoms with van der Waals surface area (Å²) in [6.45, 7) is 4.73. The molecule has 3 nitrogen and oxygen atoms in total. The molecule has 1 aliphatic rings. The molecule has 1 amide bonds. The number of fused-ring (bicyclic) bond motifs is 1. The fraction of sp³-hybridized carbons (Fsp3) is 0.316. The molecule has 5 heteroatoms. The molecule has 1 aliphatic heterocycles. The van der Waals surface area contributed by atoms with E-state index in [1.165, 1.54) is 17.2 Å². The van der Waals surface area contributed by atoms with Crippen molar-refractivity contribution < 1.29 is 9.18 Å². The Morgan fingerprint density at radius 3 is 2.50 bits per heavy atom. The molecule has 0 saturated heterocycles. The lowest BCUT2D eigenvalue weighted by Crippen LogP contribution is -2.38. The lowest BCUT2D eigenvalue weighted by Gasteiger charge is -2.24. The summed E-state index contributed by atoms with van der Waals surface area (Å²) in [6, 6.07) is 13.1. The summed E-state index contributed by atoms with van der Waals surface area (Å²) < 4.78 is 14.8. The number of amides is 1. The molecular formula is C19H20BrFN2O. The highest BCUT2D eigenvalue weighted by atomic mass is 79.9. The standard InChI is InChI=1S/C19H20BrFN2O/c1-2-23(12-16-9-17(20)7-8-18(16)21)19(24)13-22-10-14-5-3-4-6-15(14)11-22/h3-9H,2,10-13H2,1H3. The van der Waals surface area contributed by atoms with Crippen LogP contribution in [0, 0.1) is 5.82 Å². The molecule has 0 saturated carbocycles. The average Bonchev–Trinajstić information content (AvgIpc) is 2.97. The summed E-state index contributed by atoms with van der Waals surface area (Å²) in [4.78, 5) is 16.5. The summed E-state index contributed by atoms with van der Waals surface area (Å²) in [6.07, 6.45) is 0. The maximum Gasteiger partial charge on any atom is 0.237 e. The summed E-state index contributed by atoms with van der Waals surface area (Å²) in [7, 11) is 0. The molecule has 0 unspecified atom stereocenters. The molecule has 0 aliphatic carbocycles. The van der Waals surface area contributed by atoms with E-state index in [1.54, 1.807) is 17.0 Å². The molecule has 126 valence electrons. The zero-order valence-corrected chi connectivity index (χ0v) is 15.2. The molecule has 0 atom stereocenters. The molecule has 0 spiro atoms. The van der Waals surface area contributed by atoms with E-state index in [0.29, 0.717) is 25.2 Å². The molecule has 2 aromatic rings. The van der Waals surface area contributed by atoms with Gasteiger partial charge in [-0.15, -0.1) is 0 Å². The van der Waals surface area contributed by atoms with Gasteiger partial charge in [0.1, 0.15) is 5.82 Å². The van der Waals surface area contributed by atoms with Crippen molar-refractivity contribution in [2.24, 2.45) is 0 Å². The quantitative estimate of drug-likeness (QED) is 0.771. The smallest absolute Gasteiger partial charge is 0.237 e. The van der Waals surface area contributed by atoms with Crippen LogP contribution in [0.2, 0.25) is 0 Å². The predicted molar refractivity (Wildman–Crippen MR) is 95.7 cm³/mol. The summed E-state index contributed by atoms with van der Waals surface area (Å²) in [5.41, 5.74) is 3.10. The number of benzene rings is 2. The van der Waals surface area contributed by atoms with E-state index in [2.05, 4.69) is 33.0 Å². The van der Waals surface area contributed by atoms with Crippen LogP contribution in [0.1, 0.15) is 23.6 Å². The van der Waals surface area contributed by atoms with Crippen LogP contribution in [0.25, 0.3) is 0 Å². The Bertz CT molecular complexity index is 725. The molecule has 0 radical (unpaired) electrons. The number of carbonyl (C=O) groups is 1. The largest absolute Gasteiger partial charge is 0.337 e. The second kappa shape index (κ2) is 7.45. The van der Waals surface area contributed by atoms with Gasteiger partial charge in [0.15, 0.2) is 0 Å². The van der Waals surface area contributed by atoms with Crippen LogP contribution in [0.5, 0.6) is 0 Å². The fourth-order valence-corrected chi connectivity index (χ4v) is 3.46. The number of hydrogen-bond donors (Lipinski definition) is 0. The third-order valence-corrected chi connectivity index (χ3v) is 4.86. The first kappa shape index (κ1) is 17.1. The molecular weight excluding hydrogens is 371 g/mol. The van der Waals surface area contributed by atoms with Gasteiger partial charge in [-0.25, -0.2) is 4.39 Å². The van der Waals surface area contributed by atoms with Crippen molar-refractivity contribution in [1.82, 2.24) is 9.80 Å². The van der Waals surface area contributed by atoms with Gasteiger partial charge in [-0.1, -0.05) is 40.2 Å². The Labute approximate surface area is 150 Å². The molecule has 24 heavy (non-hydrogen) atoms. The van der Waals surface area contributed by atoms with Crippen LogP contribution < -0.4 is 0 Å². The Morgan fingerprint density at radius 1 is 1.21 bits per heavy atom. The maximum atomic E-state index is 13.9. The SMILES string of the molecule is CCN(Cc1cc(Br)ccc1F)C(=O)CN1Cc2ccccc2C1. The Morgan fingerprint density at radius 2 is 1.88 bits per heavy atom. The Hall–Kier alpha value is -1.72. The first-order chi connectivity index (χ1) is 11.6. The van der Waals surface area contributed by atoms with Crippen molar-refractivity contribution >= 4 is 21.8 Å². The van der Waals surface area contributed by atoms with Crippen molar-refractivity contribution in [2.45, 2.75) is 26.6 Å². The molecule has 0 N–H and O–H groups in total. The second-order valence-electron chi connectivity index (χ2n) is 6.06. The summed E-state index contributed by atoms with van der Waals surface area (Å²) in [5.74, 6) is -0.247. The number of carbonyl (C=O) groups excluding carboxylic acids is 1. The number of likely N-dealkylation sites (N-methyl/N-ethyl adjacent to an activating group) is 1. The fourth-order valence-electron chi connectivity index (χ4n) is 3.05. The zero-order valence-electron chi connectivity index (χ0n) is 13.6. The van der Waals surface area contributed by atoms with Crippen LogP contribution in [0.3, 0.4) is 0 Å². The highest BCUT2D eigenvalue weighted by Gasteiger charge is 2.23. The summed E-state index contributed by atoms with van der Waals surface area (Å²) in [5, 5.41) is 0. The molecule has 0 aromatic heterocycles. The molecule has 3 rings (SSSR count). The van der Waals surface area contributed by atoms with Gasteiger partial charge in [-0.3, -0.25) is 9.69 Å². The normalized spacial score (nSPS) is 13.8. The monoisotopic (exact) mass is 390 g/mol. The van der Waals surface area contributed by atoms with E-state index in [0.717, 1.165) is 17.6 Å². The molecule has 2 aromatic carbocycles. The van der Waals surface area contributed by atoms with Crippen LogP contribution in [-0.2, 0) is 24.4 Å². The molecule has 0 fully saturated rings. The number of nitrogens with zero attached hydrogens (tertiary/aromatic N) is 2. The van der Waals surface area contributed by atoms with Gasteiger partial charge in [-0.05, 0) is 36.2 Å². The predicted octanol–water partition coefficient (Wildman–Crippen LogP) is 3.95. The van der Waals surface area contributed by atoms with Crippen molar-refractivity contribution in [3.05, 3.63) is 69.4 Å². The topological polar surface area (TPSA) is 23.6 Å².